The smallest absolute Gasteiger partial charge is 0.432 e. The van der Waals surface area contributed by atoms with Crippen molar-refractivity contribution in [3.8, 4) is 0 Å². The summed E-state index contributed by atoms with van der Waals surface area (Å²) in [5.74, 6) is 0. The summed E-state index contributed by atoms with van der Waals surface area (Å²) in [6, 6.07) is 0. The van der Waals surface area contributed by atoms with Crippen LogP contribution in [0.4, 0.5) is 4.79 Å². The van der Waals surface area contributed by atoms with Crippen LogP contribution in [0.5, 0.6) is 0 Å². The number of hydrogen-bond acceptors (Lipinski definition) is 5. The quantitative estimate of drug-likeness (QED) is 0.405. The average molecular weight is 210 g/mol. The van der Waals surface area contributed by atoms with Crippen LogP contribution in [0.3, 0.4) is 0 Å². The summed E-state index contributed by atoms with van der Waals surface area (Å²) in [6.45, 7) is 5.38. The van der Waals surface area contributed by atoms with E-state index in [1.54, 1.807) is 24.6 Å². The molecule has 0 N–H and O–H groups in total. The fourth-order valence-corrected chi connectivity index (χ4v) is 1.83. The Morgan fingerprint density at radius 3 is 2.25 bits per heavy atom. The van der Waals surface area contributed by atoms with Crippen LogP contribution in [0, 0.1) is 0 Å². The summed E-state index contributed by atoms with van der Waals surface area (Å²) in [5.41, 5.74) is -0.161. The molecule has 72 valence electrons. The van der Waals surface area contributed by atoms with Crippen LogP contribution in [0.2, 0.25) is 0 Å². The van der Waals surface area contributed by atoms with Crippen LogP contribution in [-0.2, 0) is 9.47 Å². The van der Waals surface area contributed by atoms with Gasteiger partial charge in [0.05, 0.1) is 6.10 Å². The molecule has 0 aliphatic rings. The highest BCUT2D eigenvalue weighted by Gasteiger charge is 2.11. The monoisotopic (exact) mass is 210 g/mol. The SMILES string of the molecule is CSSC(C)OC(=O)OC(C)C. The molecule has 0 aromatic heterocycles. The number of carbonyl (C=O) groups is 1. The molecule has 0 rings (SSSR count). The van der Waals surface area contributed by atoms with Crippen molar-refractivity contribution in [2.45, 2.75) is 32.3 Å². The van der Waals surface area contributed by atoms with Gasteiger partial charge in [0.1, 0.15) is 0 Å². The van der Waals surface area contributed by atoms with Crippen LogP contribution in [-0.4, -0.2) is 24.0 Å². The van der Waals surface area contributed by atoms with Gasteiger partial charge in [0.25, 0.3) is 0 Å². The van der Waals surface area contributed by atoms with Gasteiger partial charge in [-0.2, -0.15) is 0 Å². The predicted molar refractivity (Wildman–Crippen MR) is 53.3 cm³/mol. The molecule has 0 aromatic rings. The van der Waals surface area contributed by atoms with Crippen molar-refractivity contribution in [2.75, 3.05) is 6.26 Å². The second-order valence-electron chi connectivity index (χ2n) is 2.36. The molecule has 12 heavy (non-hydrogen) atoms. The first kappa shape index (κ1) is 12.0. The highest BCUT2D eigenvalue weighted by Crippen LogP contribution is 2.24. The van der Waals surface area contributed by atoms with E-state index in [1.807, 2.05) is 13.2 Å². The van der Waals surface area contributed by atoms with Crippen molar-refractivity contribution in [3.63, 3.8) is 0 Å². The Labute approximate surface area is 81.0 Å². The summed E-state index contributed by atoms with van der Waals surface area (Å²) in [4.78, 5) is 10.9. The molecule has 0 fully saturated rings. The van der Waals surface area contributed by atoms with Gasteiger partial charge in [0, 0.05) is 0 Å². The number of ether oxygens (including phenoxy) is 2. The molecule has 3 nitrogen and oxygen atoms in total. The molecule has 0 saturated heterocycles. The Morgan fingerprint density at radius 1 is 1.25 bits per heavy atom. The van der Waals surface area contributed by atoms with Gasteiger partial charge in [-0.15, -0.1) is 0 Å². The molecular weight excluding hydrogens is 196 g/mol. The zero-order valence-corrected chi connectivity index (χ0v) is 9.33. The Hall–Kier alpha value is -0.0300. The normalized spacial score (nSPS) is 12.8. The van der Waals surface area contributed by atoms with Crippen LogP contribution in [0.15, 0.2) is 0 Å². The van der Waals surface area contributed by atoms with Gasteiger partial charge >= 0.3 is 6.16 Å². The maximum atomic E-state index is 10.9. The van der Waals surface area contributed by atoms with Gasteiger partial charge in [-0.1, -0.05) is 10.8 Å². The van der Waals surface area contributed by atoms with E-state index >= 15 is 0 Å². The van der Waals surface area contributed by atoms with E-state index in [4.69, 9.17) is 9.47 Å². The lowest BCUT2D eigenvalue weighted by Crippen LogP contribution is -2.16. The summed E-state index contributed by atoms with van der Waals surface area (Å²) < 4.78 is 9.67. The molecule has 0 saturated carbocycles. The van der Waals surface area contributed by atoms with E-state index in [-0.39, 0.29) is 11.5 Å². The van der Waals surface area contributed by atoms with E-state index in [0.717, 1.165) is 0 Å². The van der Waals surface area contributed by atoms with E-state index in [0.29, 0.717) is 0 Å². The summed E-state index contributed by atoms with van der Waals surface area (Å²) in [6.07, 6.45) is 1.21. The van der Waals surface area contributed by atoms with Crippen LogP contribution in [0.1, 0.15) is 20.8 Å². The third-order valence-corrected chi connectivity index (χ3v) is 2.78. The second kappa shape index (κ2) is 6.48. The van der Waals surface area contributed by atoms with Crippen molar-refractivity contribution < 1.29 is 14.3 Å². The lowest BCUT2D eigenvalue weighted by Gasteiger charge is -2.12. The third-order valence-electron chi connectivity index (χ3n) is 0.826. The molecule has 1 atom stereocenters. The molecular formula is C7H14O3S2. The van der Waals surface area contributed by atoms with Gasteiger partial charge in [-0.3, -0.25) is 0 Å². The van der Waals surface area contributed by atoms with Crippen molar-refractivity contribution >= 4 is 27.7 Å². The topological polar surface area (TPSA) is 35.5 Å². The fraction of sp³-hybridized carbons (Fsp3) is 0.857. The minimum atomic E-state index is -0.598. The molecule has 0 heterocycles. The Morgan fingerprint density at radius 2 is 1.83 bits per heavy atom. The highest BCUT2D eigenvalue weighted by molar-refractivity contribution is 8.76. The van der Waals surface area contributed by atoms with Gasteiger partial charge < -0.3 is 9.47 Å². The van der Waals surface area contributed by atoms with Crippen molar-refractivity contribution in [2.24, 2.45) is 0 Å². The van der Waals surface area contributed by atoms with E-state index in [2.05, 4.69) is 0 Å². The van der Waals surface area contributed by atoms with Gasteiger partial charge in [-0.05, 0) is 37.8 Å². The minimum absolute atomic E-state index is 0.121. The Bertz CT molecular complexity index is 139. The maximum Gasteiger partial charge on any atom is 0.509 e. The van der Waals surface area contributed by atoms with Gasteiger partial charge in [0.15, 0.2) is 5.44 Å². The van der Waals surface area contributed by atoms with Crippen LogP contribution in [0.25, 0.3) is 0 Å². The van der Waals surface area contributed by atoms with E-state index < -0.39 is 6.16 Å². The summed E-state index contributed by atoms with van der Waals surface area (Å²) in [5, 5.41) is 0. The number of carbonyl (C=O) groups excluding carboxylic acids is 1. The number of rotatable bonds is 4. The highest BCUT2D eigenvalue weighted by atomic mass is 33.1. The lowest BCUT2D eigenvalue weighted by molar-refractivity contribution is 0.0315. The zero-order valence-electron chi connectivity index (χ0n) is 7.70. The Kier molecular flexibility index (Phi) is 6.47. The average Bonchev–Trinajstić information content (AvgIpc) is 1.84. The standard InChI is InChI=1S/C7H14O3S2/c1-5(2)9-7(8)10-6(3)12-11-4/h5-6H,1-4H3. The first-order valence-electron chi connectivity index (χ1n) is 3.63. The molecule has 5 heteroatoms. The molecule has 0 aliphatic carbocycles. The molecule has 0 aliphatic heterocycles. The predicted octanol–water partition coefficient (Wildman–Crippen LogP) is 2.91. The number of hydrogen-bond donors (Lipinski definition) is 0. The van der Waals surface area contributed by atoms with Gasteiger partial charge in [-0.25, -0.2) is 4.79 Å². The van der Waals surface area contributed by atoms with Crippen molar-refractivity contribution in [1.29, 1.82) is 0 Å². The Balaban J connectivity index is 3.54. The largest absolute Gasteiger partial charge is 0.509 e. The molecule has 0 bridgehead atoms. The van der Waals surface area contributed by atoms with Crippen LogP contribution < -0.4 is 0 Å². The minimum Gasteiger partial charge on any atom is -0.432 e. The third kappa shape index (κ3) is 6.67. The van der Waals surface area contributed by atoms with Crippen molar-refractivity contribution in [3.05, 3.63) is 0 Å². The molecule has 0 aromatic carbocycles. The van der Waals surface area contributed by atoms with Gasteiger partial charge in [0.2, 0.25) is 0 Å². The summed E-state index contributed by atoms with van der Waals surface area (Å²) in [7, 11) is 3.03. The van der Waals surface area contributed by atoms with E-state index in [9.17, 15) is 4.79 Å². The summed E-state index contributed by atoms with van der Waals surface area (Å²) >= 11 is 0. The first-order valence-corrected chi connectivity index (χ1v) is 6.25. The first-order chi connectivity index (χ1) is 5.56. The van der Waals surface area contributed by atoms with Crippen molar-refractivity contribution in [1.82, 2.24) is 0 Å². The molecule has 1 unspecified atom stereocenters. The second-order valence-corrected chi connectivity index (χ2v) is 5.13. The lowest BCUT2D eigenvalue weighted by atomic mass is 10.5. The molecule has 0 radical (unpaired) electrons. The molecule has 0 spiro atoms. The van der Waals surface area contributed by atoms with Crippen LogP contribution >= 0.6 is 21.6 Å². The van der Waals surface area contributed by atoms with E-state index in [1.165, 1.54) is 10.8 Å². The maximum absolute atomic E-state index is 10.9. The zero-order chi connectivity index (χ0) is 9.56. The fourth-order valence-electron chi connectivity index (χ4n) is 0.511. The molecule has 0 amide bonds.